The van der Waals surface area contributed by atoms with Crippen LogP contribution >= 0.6 is 11.8 Å². The molecule has 1 fully saturated rings. The number of carbonyl (C=O) groups is 2. The van der Waals surface area contributed by atoms with Crippen molar-refractivity contribution in [1.29, 1.82) is 0 Å². The smallest absolute Gasteiger partial charge is 0.290 e. The first-order valence-corrected chi connectivity index (χ1v) is 7.55. The molecule has 1 aliphatic heterocycles. The van der Waals surface area contributed by atoms with E-state index < -0.39 is 0 Å². The number of thioether (sulfide) groups is 1. The van der Waals surface area contributed by atoms with E-state index in [0.29, 0.717) is 30.5 Å². The van der Waals surface area contributed by atoms with Crippen LogP contribution in [0, 0.1) is 0 Å². The molecule has 6 heteroatoms. The molecule has 0 aliphatic carbocycles. The topological polar surface area (TPSA) is 53.8 Å². The van der Waals surface area contributed by atoms with Gasteiger partial charge in [0.25, 0.3) is 5.91 Å². The summed E-state index contributed by atoms with van der Waals surface area (Å²) >= 11 is 1.60. The molecule has 0 aromatic carbocycles. The highest BCUT2D eigenvalue weighted by Gasteiger charge is 2.37. The van der Waals surface area contributed by atoms with E-state index >= 15 is 0 Å². The Morgan fingerprint density at radius 2 is 2.21 bits per heavy atom. The summed E-state index contributed by atoms with van der Waals surface area (Å²) in [5.41, 5.74) is 0. The van der Waals surface area contributed by atoms with Crippen LogP contribution in [-0.4, -0.2) is 52.4 Å². The highest BCUT2D eigenvalue weighted by molar-refractivity contribution is 7.99. The highest BCUT2D eigenvalue weighted by atomic mass is 32.2. The summed E-state index contributed by atoms with van der Waals surface area (Å²) in [5, 5.41) is 0. The average Bonchev–Trinajstić information content (AvgIpc) is 3.10. The van der Waals surface area contributed by atoms with Crippen molar-refractivity contribution in [1.82, 2.24) is 9.80 Å². The lowest BCUT2D eigenvalue weighted by Crippen LogP contribution is -2.48. The molecule has 19 heavy (non-hydrogen) atoms. The maximum Gasteiger partial charge on any atom is 0.290 e. The van der Waals surface area contributed by atoms with Gasteiger partial charge in [0.2, 0.25) is 5.91 Å². The molecule has 1 atom stereocenters. The molecular weight excluding hydrogens is 264 g/mol. The average molecular weight is 282 g/mol. The quantitative estimate of drug-likeness (QED) is 0.843. The number of furan rings is 1. The Balaban J connectivity index is 2.13. The predicted octanol–water partition coefficient (Wildman–Crippen LogP) is 1.66. The van der Waals surface area contributed by atoms with Gasteiger partial charge in [0, 0.05) is 18.8 Å². The summed E-state index contributed by atoms with van der Waals surface area (Å²) in [6.07, 6.45) is 1.47. The van der Waals surface area contributed by atoms with Crippen molar-refractivity contribution < 1.29 is 14.0 Å². The molecule has 0 bridgehead atoms. The van der Waals surface area contributed by atoms with Gasteiger partial charge in [-0.05, 0) is 26.0 Å². The van der Waals surface area contributed by atoms with Crippen molar-refractivity contribution in [3.8, 4) is 0 Å². The second-order valence-electron chi connectivity index (χ2n) is 4.28. The molecule has 1 saturated heterocycles. The summed E-state index contributed by atoms with van der Waals surface area (Å²) in [6, 6.07) is 2.93. The first-order valence-electron chi connectivity index (χ1n) is 6.40. The SMILES string of the molecule is CCN(CC)C(=O)C1CSCN1C(=O)c1ccco1. The minimum absolute atomic E-state index is 0.0231. The van der Waals surface area contributed by atoms with Crippen LogP contribution in [0.25, 0.3) is 0 Å². The molecule has 0 saturated carbocycles. The molecule has 0 radical (unpaired) electrons. The second-order valence-corrected chi connectivity index (χ2v) is 5.28. The number of rotatable bonds is 4. The summed E-state index contributed by atoms with van der Waals surface area (Å²) in [5.74, 6) is 1.30. The summed E-state index contributed by atoms with van der Waals surface area (Å²) in [4.78, 5) is 28.0. The monoisotopic (exact) mass is 282 g/mol. The van der Waals surface area contributed by atoms with Crippen molar-refractivity contribution in [2.24, 2.45) is 0 Å². The molecule has 5 nitrogen and oxygen atoms in total. The van der Waals surface area contributed by atoms with Gasteiger partial charge in [-0.15, -0.1) is 11.8 Å². The lowest BCUT2D eigenvalue weighted by atomic mass is 10.2. The Labute approximate surface area is 116 Å². The van der Waals surface area contributed by atoms with Crippen molar-refractivity contribution in [2.45, 2.75) is 19.9 Å². The molecule has 0 N–H and O–H groups in total. The lowest BCUT2D eigenvalue weighted by Gasteiger charge is -2.27. The van der Waals surface area contributed by atoms with E-state index in [2.05, 4.69) is 0 Å². The van der Waals surface area contributed by atoms with Gasteiger partial charge in [-0.1, -0.05) is 0 Å². The maximum atomic E-state index is 12.4. The lowest BCUT2D eigenvalue weighted by molar-refractivity contribution is -0.134. The summed E-state index contributed by atoms with van der Waals surface area (Å²) in [7, 11) is 0. The molecular formula is C13H18N2O3S. The number of carbonyl (C=O) groups excluding carboxylic acids is 2. The summed E-state index contributed by atoms with van der Waals surface area (Å²) in [6.45, 7) is 5.23. The normalized spacial score (nSPS) is 18.6. The van der Waals surface area contributed by atoms with E-state index in [4.69, 9.17) is 4.42 Å². The van der Waals surface area contributed by atoms with E-state index in [1.165, 1.54) is 6.26 Å². The van der Waals surface area contributed by atoms with Crippen LogP contribution in [0.5, 0.6) is 0 Å². The van der Waals surface area contributed by atoms with Crippen LogP contribution in [0.4, 0.5) is 0 Å². The zero-order valence-corrected chi connectivity index (χ0v) is 12.0. The van der Waals surface area contributed by atoms with Crippen LogP contribution in [0.2, 0.25) is 0 Å². The van der Waals surface area contributed by atoms with E-state index in [9.17, 15) is 9.59 Å². The second kappa shape index (κ2) is 6.14. The third-order valence-electron chi connectivity index (χ3n) is 3.24. The van der Waals surface area contributed by atoms with Crippen LogP contribution in [0.1, 0.15) is 24.4 Å². The van der Waals surface area contributed by atoms with Crippen molar-refractivity contribution in [2.75, 3.05) is 24.7 Å². The van der Waals surface area contributed by atoms with Gasteiger partial charge in [-0.3, -0.25) is 9.59 Å². The van der Waals surface area contributed by atoms with E-state index in [0.717, 1.165) is 0 Å². The maximum absolute atomic E-state index is 12.4. The van der Waals surface area contributed by atoms with E-state index in [1.807, 2.05) is 13.8 Å². The molecule has 0 spiro atoms. The number of hydrogen-bond donors (Lipinski definition) is 0. The first kappa shape index (κ1) is 14.0. The van der Waals surface area contributed by atoms with Crippen LogP contribution in [0.3, 0.4) is 0 Å². The van der Waals surface area contributed by atoms with Crippen LogP contribution in [0.15, 0.2) is 22.8 Å². The minimum atomic E-state index is -0.373. The molecule has 2 amide bonds. The first-order chi connectivity index (χ1) is 9.19. The molecule has 1 aromatic rings. The third kappa shape index (κ3) is 2.78. The number of likely N-dealkylation sites (N-methyl/N-ethyl adjacent to an activating group) is 1. The van der Waals surface area contributed by atoms with Gasteiger partial charge in [0.15, 0.2) is 5.76 Å². The molecule has 1 unspecified atom stereocenters. The predicted molar refractivity (Wildman–Crippen MR) is 73.9 cm³/mol. The van der Waals surface area contributed by atoms with Gasteiger partial charge >= 0.3 is 0 Å². The van der Waals surface area contributed by atoms with Crippen molar-refractivity contribution >= 4 is 23.6 Å². The van der Waals surface area contributed by atoms with Crippen molar-refractivity contribution in [3.63, 3.8) is 0 Å². The number of nitrogens with zero attached hydrogens (tertiary/aromatic N) is 2. The molecule has 104 valence electrons. The Kier molecular flexibility index (Phi) is 4.52. The number of hydrogen-bond acceptors (Lipinski definition) is 4. The Morgan fingerprint density at radius 3 is 2.79 bits per heavy atom. The van der Waals surface area contributed by atoms with Gasteiger partial charge in [0.1, 0.15) is 6.04 Å². The van der Waals surface area contributed by atoms with Crippen molar-refractivity contribution in [3.05, 3.63) is 24.2 Å². The Bertz CT molecular complexity index is 443. The van der Waals surface area contributed by atoms with Gasteiger partial charge < -0.3 is 14.2 Å². The fourth-order valence-electron chi connectivity index (χ4n) is 2.14. The zero-order chi connectivity index (χ0) is 13.8. The molecule has 1 aromatic heterocycles. The van der Waals surface area contributed by atoms with E-state index in [-0.39, 0.29) is 17.9 Å². The molecule has 1 aliphatic rings. The Hall–Kier alpha value is -1.43. The van der Waals surface area contributed by atoms with Gasteiger partial charge in [0.05, 0.1) is 12.1 Å². The minimum Gasteiger partial charge on any atom is -0.459 e. The van der Waals surface area contributed by atoms with Crippen LogP contribution < -0.4 is 0 Å². The summed E-state index contributed by atoms with van der Waals surface area (Å²) < 4.78 is 5.12. The Morgan fingerprint density at radius 1 is 1.47 bits per heavy atom. The molecule has 2 rings (SSSR count). The van der Waals surface area contributed by atoms with Gasteiger partial charge in [-0.25, -0.2) is 0 Å². The van der Waals surface area contributed by atoms with Crippen LogP contribution in [-0.2, 0) is 4.79 Å². The zero-order valence-electron chi connectivity index (χ0n) is 11.2. The number of amides is 2. The van der Waals surface area contributed by atoms with E-state index in [1.54, 1.807) is 33.7 Å². The fraction of sp³-hybridized carbons (Fsp3) is 0.538. The largest absolute Gasteiger partial charge is 0.459 e. The molecule has 2 heterocycles. The highest BCUT2D eigenvalue weighted by Crippen LogP contribution is 2.24. The fourth-order valence-corrected chi connectivity index (χ4v) is 3.28. The third-order valence-corrected chi connectivity index (χ3v) is 4.25. The van der Waals surface area contributed by atoms with Gasteiger partial charge in [-0.2, -0.15) is 0 Å². The standard InChI is InChI=1S/C13H18N2O3S/c1-3-14(4-2)12(16)10-8-19-9-15(10)13(17)11-6-5-7-18-11/h5-7,10H,3-4,8-9H2,1-2H3.